The highest BCUT2D eigenvalue weighted by Crippen LogP contribution is 2.46. The highest BCUT2D eigenvalue weighted by atomic mass is 28.4. The van der Waals surface area contributed by atoms with Crippen LogP contribution in [0.4, 0.5) is 0 Å². The number of rotatable bonds is 6. The molecule has 4 nitrogen and oxygen atoms in total. The van der Waals surface area contributed by atoms with E-state index in [1.54, 1.807) is 0 Å². The van der Waals surface area contributed by atoms with Crippen molar-refractivity contribution in [2.24, 2.45) is 5.41 Å². The van der Waals surface area contributed by atoms with E-state index in [-0.39, 0.29) is 17.7 Å². The molecular weight excluding hydrogens is 320 g/mol. The molecule has 1 fully saturated rings. The summed E-state index contributed by atoms with van der Waals surface area (Å²) in [5.74, 6) is -0.268. The predicted molar refractivity (Wildman–Crippen MR) is 96.9 cm³/mol. The first-order valence-corrected chi connectivity index (χ1v) is 10.8. The molecular formula is C19H30O4Si. The Labute approximate surface area is 146 Å². The Kier molecular flexibility index (Phi) is 5.57. The average molecular weight is 351 g/mol. The van der Waals surface area contributed by atoms with Crippen molar-refractivity contribution in [1.82, 2.24) is 0 Å². The topological polar surface area (TPSA) is 44.8 Å². The smallest absolute Gasteiger partial charge is 0.339 e. The molecule has 0 bridgehead atoms. The first-order valence-electron chi connectivity index (χ1n) is 8.61. The van der Waals surface area contributed by atoms with Crippen molar-refractivity contribution in [1.29, 1.82) is 0 Å². The molecule has 2 rings (SSSR count). The molecule has 0 saturated carbocycles. The fourth-order valence-corrected chi connectivity index (χ4v) is 6.51. The zero-order valence-corrected chi connectivity index (χ0v) is 16.7. The Morgan fingerprint density at radius 1 is 1.08 bits per heavy atom. The summed E-state index contributed by atoms with van der Waals surface area (Å²) in [6.07, 6.45) is 0.753. The van der Waals surface area contributed by atoms with Crippen LogP contribution in [-0.4, -0.2) is 27.2 Å². The SMILES string of the molecule is COC(=O)C(C)(C)C(O[Si]1(OC(C)(C)C)CCC1)c1ccccc1. The Bertz CT molecular complexity index is 558. The van der Waals surface area contributed by atoms with E-state index in [0.29, 0.717) is 0 Å². The van der Waals surface area contributed by atoms with Crippen LogP contribution in [0, 0.1) is 5.41 Å². The summed E-state index contributed by atoms with van der Waals surface area (Å²) in [4.78, 5) is 12.4. The summed E-state index contributed by atoms with van der Waals surface area (Å²) in [6.45, 7) is 9.95. The monoisotopic (exact) mass is 350 g/mol. The highest BCUT2D eigenvalue weighted by Gasteiger charge is 2.52. The van der Waals surface area contributed by atoms with E-state index in [1.165, 1.54) is 7.11 Å². The van der Waals surface area contributed by atoms with Crippen molar-refractivity contribution in [3.8, 4) is 0 Å². The molecule has 0 aliphatic carbocycles. The lowest BCUT2D eigenvalue weighted by Gasteiger charge is -2.47. The summed E-state index contributed by atoms with van der Waals surface area (Å²) in [7, 11) is -0.875. The van der Waals surface area contributed by atoms with Gasteiger partial charge in [0.05, 0.1) is 24.2 Å². The molecule has 1 atom stereocenters. The van der Waals surface area contributed by atoms with Crippen LogP contribution in [0.2, 0.25) is 12.1 Å². The molecule has 1 aromatic rings. The normalized spacial score (nSPS) is 18.6. The molecule has 1 aliphatic heterocycles. The van der Waals surface area contributed by atoms with Crippen molar-refractivity contribution < 1.29 is 18.4 Å². The second-order valence-corrected chi connectivity index (χ2v) is 11.4. The summed E-state index contributed by atoms with van der Waals surface area (Å²) in [6, 6.07) is 11.9. The molecule has 1 saturated heterocycles. The van der Waals surface area contributed by atoms with Crippen LogP contribution in [0.25, 0.3) is 0 Å². The highest BCUT2D eigenvalue weighted by molar-refractivity contribution is 6.70. The second kappa shape index (κ2) is 6.98. The molecule has 134 valence electrons. The number of carbonyl (C=O) groups is 1. The van der Waals surface area contributed by atoms with E-state index in [9.17, 15) is 4.79 Å². The minimum absolute atomic E-state index is 0.247. The number of hydrogen-bond donors (Lipinski definition) is 0. The molecule has 5 heteroatoms. The fraction of sp³-hybridized carbons (Fsp3) is 0.632. The number of ether oxygens (including phenoxy) is 1. The Morgan fingerprint density at radius 3 is 2.08 bits per heavy atom. The third kappa shape index (κ3) is 4.26. The first-order chi connectivity index (χ1) is 11.1. The lowest BCUT2D eigenvalue weighted by molar-refractivity contribution is -0.158. The minimum Gasteiger partial charge on any atom is -0.469 e. The van der Waals surface area contributed by atoms with Gasteiger partial charge in [0.15, 0.2) is 0 Å². The quantitative estimate of drug-likeness (QED) is 0.555. The standard InChI is InChI=1S/C19H30O4Si/c1-18(2,3)23-24(13-10-14-24)22-16(15-11-8-7-9-12-15)19(4,5)17(20)21-6/h7-9,11-12,16H,10,13-14H2,1-6H3. The van der Waals surface area contributed by atoms with Gasteiger partial charge in [-0.15, -0.1) is 0 Å². The summed E-state index contributed by atoms with van der Waals surface area (Å²) in [5.41, 5.74) is -0.0415. The van der Waals surface area contributed by atoms with Gasteiger partial charge >= 0.3 is 14.5 Å². The fourth-order valence-electron chi connectivity index (χ4n) is 3.11. The number of esters is 1. The Morgan fingerprint density at radius 2 is 1.67 bits per heavy atom. The zero-order valence-electron chi connectivity index (χ0n) is 15.7. The maximum Gasteiger partial charge on any atom is 0.339 e. The van der Waals surface area contributed by atoms with Gasteiger partial charge in [0, 0.05) is 0 Å². The predicted octanol–water partition coefficient (Wildman–Crippen LogP) is 4.60. The summed E-state index contributed by atoms with van der Waals surface area (Å²) >= 11 is 0. The Hall–Kier alpha value is -1.17. The van der Waals surface area contributed by atoms with Crippen LogP contribution >= 0.6 is 0 Å². The molecule has 0 amide bonds. The van der Waals surface area contributed by atoms with Crippen LogP contribution in [0.3, 0.4) is 0 Å². The van der Waals surface area contributed by atoms with Gasteiger partial charge in [-0.1, -0.05) is 30.3 Å². The van der Waals surface area contributed by atoms with E-state index in [4.69, 9.17) is 13.6 Å². The lowest BCUT2D eigenvalue weighted by atomic mass is 9.83. The minimum atomic E-state index is -2.30. The van der Waals surface area contributed by atoms with Crippen molar-refractivity contribution in [3.05, 3.63) is 35.9 Å². The molecule has 1 heterocycles. The van der Waals surface area contributed by atoms with Crippen molar-refractivity contribution >= 4 is 14.5 Å². The van der Waals surface area contributed by atoms with Crippen LogP contribution in [-0.2, 0) is 18.4 Å². The third-order valence-corrected chi connectivity index (χ3v) is 8.29. The molecule has 0 spiro atoms. The van der Waals surface area contributed by atoms with E-state index < -0.39 is 14.0 Å². The van der Waals surface area contributed by atoms with Gasteiger partial charge in [-0.2, -0.15) is 0 Å². The molecule has 0 N–H and O–H groups in total. The van der Waals surface area contributed by atoms with Gasteiger partial charge in [0.1, 0.15) is 0 Å². The largest absolute Gasteiger partial charge is 0.469 e. The van der Waals surface area contributed by atoms with E-state index in [0.717, 1.165) is 24.1 Å². The molecule has 0 aromatic heterocycles. The maximum absolute atomic E-state index is 12.4. The van der Waals surface area contributed by atoms with Gasteiger partial charge < -0.3 is 13.6 Å². The van der Waals surface area contributed by atoms with Gasteiger partial charge in [-0.25, -0.2) is 0 Å². The van der Waals surface area contributed by atoms with E-state index in [1.807, 2.05) is 44.2 Å². The van der Waals surface area contributed by atoms with Gasteiger partial charge in [0.25, 0.3) is 0 Å². The lowest BCUT2D eigenvalue weighted by Crippen LogP contribution is -2.55. The van der Waals surface area contributed by atoms with Gasteiger partial charge in [-0.3, -0.25) is 4.79 Å². The molecule has 24 heavy (non-hydrogen) atoms. The Balaban J connectivity index is 2.35. The average Bonchev–Trinajstić information content (AvgIpc) is 2.48. The zero-order chi connectivity index (χ0) is 18.0. The van der Waals surface area contributed by atoms with Crippen LogP contribution in [0.15, 0.2) is 30.3 Å². The van der Waals surface area contributed by atoms with Gasteiger partial charge in [0.2, 0.25) is 0 Å². The summed E-state index contributed by atoms with van der Waals surface area (Å²) in [5, 5.41) is 0. The number of methoxy groups -OCH3 is 1. The number of hydrogen-bond acceptors (Lipinski definition) is 4. The molecule has 1 aliphatic rings. The first kappa shape index (κ1) is 19.2. The maximum atomic E-state index is 12.4. The van der Waals surface area contributed by atoms with Crippen molar-refractivity contribution in [2.45, 2.75) is 64.8 Å². The second-order valence-electron chi connectivity index (χ2n) is 8.10. The molecule has 1 aromatic carbocycles. The molecule has 0 radical (unpaired) electrons. The van der Waals surface area contributed by atoms with Gasteiger partial charge in [-0.05, 0) is 58.7 Å². The molecule has 1 unspecified atom stereocenters. The number of carbonyl (C=O) groups excluding carboxylic acids is 1. The third-order valence-electron chi connectivity index (χ3n) is 4.41. The summed E-state index contributed by atoms with van der Waals surface area (Å²) < 4.78 is 18.1. The van der Waals surface area contributed by atoms with Crippen LogP contribution in [0.1, 0.15) is 52.7 Å². The van der Waals surface area contributed by atoms with E-state index >= 15 is 0 Å². The van der Waals surface area contributed by atoms with Crippen LogP contribution in [0.5, 0.6) is 0 Å². The van der Waals surface area contributed by atoms with Crippen LogP contribution < -0.4 is 0 Å². The number of benzene rings is 1. The van der Waals surface area contributed by atoms with Crippen molar-refractivity contribution in [2.75, 3.05) is 7.11 Å². The van der Waals surface area contributed by atoms with E-state index in [2.05, 4.69) is 20.8 Å². The van der Waals surface area contributed by atoms with Crippen molar-refractivity contribution in [3.63, 3.8) is 0 Å².